The van der Waals surface area contributed by atoms with Crippen molar-refractivity contribution in [3.05, 3.63) is 53.1 Å². The predicted octanol–water partition coefficient (Wildman–Crippen LogP) is 2.37. The van der Waals surface area contributed by atoms with Gasteiger partial charge in [0.05, 0.1) is 11.5 Å². The molecule has 0 aromatic heterocycles. The highest BCUT2D eigenvalue weighted by molar-refractivity contribution is 7.89. The zero-order valence-electron chi connectivity index (χ0n) is 18.8. The normalized spacial score (nSPS) is 16.5. The van der Waals surface area contributed by atoms with Gasteiger partial charge in [-0.25, -0.2) is 27.5 Å². The lowest BCUT2D eigenvalue weighted by Gasteiger charge is -2.38. The average Bonchev–Trinajstić information content (AvgIpc) is 2.86. The van der Waals surface area contributed by atoms with Crippen molar-refractivity contribution in [3.8, 4) is 11.5 Å². The van der Waals surface area contributed by atoms with E-state index in [1.54, 1.807) is 0 Å². The van der Waals surface area contributed by atoms with E-state index in [-0.39, 0.29) is 25.5 Å². The molecular weight excluding hydrogens is 528 g/mol. The Bertz CT molecular complexity index is 1190. The van der Waals surface area contributed by atoms with Crippen molar-refractivity contribution in [3.63, 3.8) is 0 Å². The largest absolute Gasteiger partial charge is 0.451 e. The monoisotopic (exact) mass is 549 g/mol. The first-order valence-corrected chi connectivity index (χ1v) is 12.2. The standard InChI is InChI=1S/C21H22ClF2N3O8S/c1-33-8-9-34-21(29)26-6-7-27(18(12-26)20(28)25-30)36(31,32)15-10-16(23)19(17(24)11-15)35-14-4-2-13(22)3-5-14/h2-5,10-11,18,30H,6-9,12H2,1H3,(H,25,28)/t18-/m0/s1. The molecule has 1 heterocycles. The number of rotatable bonds is 8. The summed E-state index contributed by atoms with van der Waals surface area (Å²) in [6, 6.07) is 5.08. The van der Waals surface area contributed by atoms with Crippen LogP contribution in [-0.2, 0) is 24.3 Å². The van der Waals surface area contributed by atoms with Gasteiger partial charge >= 0.3 is 6.09 Å². The third-order valence-corrected chi connectivity index (χ3v) is 7.27. The number of halogens is 3. The van der Waals surface area contributed by atoms with Crippen LogP contribution in [0.3, 0.4) is 0 Å². The molecule has 1 atom stereocenters. The van der Waals surface area contributed by atoms with Crippen molar-refractivity contribution in [1.29, 1.82) is 0 Å². The van der Waals surface area contributed by atoms with Gasteiger partial charge in [0, 0.05) is 31.8 Å². The van der Waals surface area contributed by atoms with Crippen LogP contribution in [0, 0.1) is 11.6 Å². The van der Waals surface area contributed by atoms with E-state index in [1.165, 1.54) is 36.9 Å². The minimum absolute atomic E-state index is 0.0565. The van der Waals surface area contributed by atoms with Crippen LogP contribution in [0.5, 0.6) is 11.5 Å². The molecule has 0 spiro atoms. The van der Waals surface area contributed by atoms with Crippen LogP contribution in [0.15, 0.2) is 41.3 Å². The van der Waals surface area contributed by atoms with Gasteiger partial charge in [-0.15, -0.1) is 0 Å². The molecule has 1 fully saturated rings. The Labute approximate surface area is 210 Å². The number of sulfonamides is 1. The lowest BCUT2D eigenvalue weighted by atomic mass is 10.2. The van der Waals surface area contributed by atoms with Crippen molar-refractivity contribution in [2.45, 2.75) is 10.9 Å². The number of carbonyl (C=O) groups excluding carboxylic acids is 2. The van der Waals surface area contributed by atoms with Crippen LogP contribution in [0.1, 0.15) is 0 Å². The van der Waals surface area contributed by atoms with Crippen LogP contribution in [0.2, 0.25) is 5.02 Å². The number of hydroxylamine groups is 1. The average molecular weight is 550 g/mol. The van der Waals surface area contributed by atoms with Gasteiger partial charge in [-0.2, -0.15) is 4.31 Å². The smallest absolute Gasteiger partial charge is 0.409 e. The molecule has 1 aliphatic heterocycles. The highest BCUT2D eigenvalue weighted by Gasteiger charge is 2.42. The van der Waals surface area contributed by atoms with E-state index in [0.29, 0.717) is 21.5 Å². The molecule has 36 heavy (non-hydrogen) atoms. The van der Waals surface area contributed by atoms with E-state index in [1.807, 2.05) is 0 Å². The van der Waals surface area contributed by atoms with Crippen LogP contribution in [-0.4, -0.2) is 80.8 Å². The van der Waals surface area contributed by atoms with E-state index in [0.717, 1.165) is 4.90 Å². The van der Waals surface area contributed by atoms with Gasteiger partial charge < -0.3 is 19.1 Å². The fourth-order valence-corrected chi connectivity index (χ4v) is 5.07. The van der Waals surface area contributed by atoms with Gasteiger partial charge in [0.1, 0.15) is 18.4 Å². The molecule has 1 saturated heterocycles. The van der Waals surface area contributed by atoms with E-state index in [4.69, 9.17) is 31.0 Å². The first-order valence-electron chi connectivity index (χ1n) is 10.4. The number of nitrogens with one attached hydrogen (secondary N) is 1. The molecule has 3 rings (SSSR count). The number of piperazine rings is 1. The number of nitrogens with zero attached hydrogens (tertiary/aromatic N) is 2. The van der Waals surface area contributed by atoms with Crippen molar-refractivity contribution < 1.29 is 46.2 Å². The molecule has 11 nitrogen and oxygen atoms in total. The molecular formula is C21H22ClF2N3O8S. The van der Waals surface area contributed by atoms with Crippen LogP contribution in [0.25, 0.3) is 0 Å². The Kier molecular flexibility index (Phi) is 9.03. The van der Waals surface area contributed by atoms with Crippen LogP contribution in [0.4, 0.5) is 13.6 Å². The van der Waals surface area contributed by atoms with E-state index in [9.17, 15) is 26.8 Å². The second-order valence-corrected chi connectivity index (χ2v) is 9.76. The van der Waals surface area contributed by atoms with Gasteiger partial charge in [-0.05, 0) is 36.4 Å². The third-order valence-electron chi connectivity index (χ3n) is 5.13. The maximum Gasteiger partial charge on any atom is 0.409 e. The zero-order valence-corrected chi connectivity index (χ0v) is 20.4. The second kappa shape index (κ2) is 11.8. The topological polar surface area (TPSA) is 135 Å². The molecule has 15 heteroatoms. The summed E-state index contributed by atoms with van der Waals surface area (Å²) < 4.78 is 71.5. The minimum atomic E-state index is -4.67. The number of amides is 2. The molecule has 2 N–H and O–H groups in total. The summed E-state index contributed by atoms with van der Waals surface area (Å²) in [7, 11) is -3.26. The van der Waals surface area contributed by atoms with Gasteiger partial charge in [-0.1, -0.05) is 11.6 Å². The highest BCUT2D eigenvalue weighted by Crippen LogP contribution is 2.32. The highest BCUT2D eigenvalue weighted by atomic mass is 35.5. The van der Waals surface area contributed by atoms with Crippen molar-refractivity contribution in [1.82, 2.24) is 14.7 Å². The lowest BCUT2D eigenvalue weighted by molar-refractivity contribution is -0.134. The molecule has 2 aromatic rings. The molecule has 0 saturated carbocycles. The SMILES string of the molecule is COCCOC(=O)N1CCN(S(=O)(=O)c2cc(F)c(Oc3ccc(Cl)cc3)c(F)c2)[C@H](C(=O)NO)C1. The first-order chi connectivity index (χ1) is 17.1. The summed E-state index contributed by atoms with van der Waals surface area (Å²) >= 11 is 5.77. The number of benzene rings is 2. The summed E-state index contributed by atoms with van der Waals surface area (Å²) in [5, 5.41) is 9.47. The van der Waals surface area contributed by atoms with Gasteiger partial charge in [0.25, 0.3) is 5.91 Å². The van der Waals surface area contributed by atoms with E-state index in [2.05, 4.69) is 0 Å². The number of ether oxygens (including phenoxy) is 3. The number of methoxy groups -OCH3 is 1. The molecule has 0 bridgehead atoms. The van der Waals surface area contributed by atoms with E-state index >= 15 is 0 Å². The molecule has 0 aliphatic carbocycles. The molecule has 2 amide bonds. The third kappa shape index (κ3) is 6.20. The number of hydrogen-bond acceptors (Lipinski definition) is 8. The Balaban J connectivity index is 1.85. The molecule has 0 radical (unpaired) electrons. The predicted molar refractivity (Wildman–Crippen MR) is 120 cm³/mol. The van der Waals surface area contributed by atoms with Gasteiger partial charge in [0.15, 0.2) is 17.4 Å². The maximum absolute atomic E-state index is 14.7. The zero-order chi connectivity index (χ0) is 26.5. The Morgan fingerprint density at radius 2 is 1.78 bits per heavy atom. The lowest BCUT2D eigenvalue weighted by Crippen LogP contribution is -2.61. The fourth-order valence-electron chi connectivity index (χ4n) is 3.35. The Hall–Kier alpha value is -3.04. The maximum atomic E-state index is 14.7. The van der Waals surface area contributed by atoms with Crippen molar-refractivity contribution in [2.75, 3.05) is 40.0 Å². The fraction of sp³-hybridized carbons (Fsp3) is 0.333. The van der Waals surface area contributed by atoms with Crippen molar-refractivity contribution in [2.24, 2.45) is 0 Å². The minimum Gasteiger partial charge on any atom is -0.451 e. The first kappa shape index (κ1) is 27.5. The number of hydrogen-bond donors (Lipinski definition) is 2. The molecule has 0 unspecified atom stereocenters. The van der Waals surface area contributed by atoms with Gasteiger partial charge in [-0.3, -0.25) is 10.0 Å². The Morgan fingerprint density at radius 3 is 2.36 bits per heavy atom. The summed E-state index contributed by atoms with van der Waals surface area (Å²) in [6.45, 7) is -1.06. The molecule has 2 aromatic carbocycles. The molecule has 196 valence electrons. The van der Waals surface area contributed by atoms with E-state index < -0.39 is 63.4 Å². The molecule has 1 aliphatic rings. The summed E-state index contributed by atoms with van der Waals surface area (Å²) in [5.41, 5.74) is 1.34. The van der Waals surface area contributed by atoms with Crippen LogP contribution < -0.4 is 10.2 Å². The second-order valence-electron chi connectivity index (χ2n) is 7.43. The quantitative estimate of drug-likeness (QED) is 0.291. The van der Waals surface area contributed by atoms with Crippen LogP contribution >= 0.6 is 11.6 Å². The van der Waals surface area contributed by atoms with Gasteiger partial charge in [0.2, 0.25) is 10.0 Å². The summed E-state index contributed by atoms with van der Waals surface area (Å²) in [6.07, 6.45) is -0.833. The summed E-state index contributed by atoms with van der Waals surface area (Å²) in [5.74, 6) is -4.57. The Morgan fingerprint density at radius 1 is 1.14 bits per heavy atom. The number of carbonyl (C=O) groups is 2. The summed E-state index contributed by atoms with van der Waals surface area (Å²) in [4.78, 5) is 24.7. The van der Waals surface area contributed by atoms with Crippen molar-refractivity contribution >= 4 is 33.6 Å².